The summed E-state index contributed by atoms with van der Waals surface area (Å²) in [6, 6.07) is 8.08. The van der Waals surface area contributed by atoms with Gasteiger partial charge in [0, 0.05) is 5.02 Å². The minimum atomic E-state index is -0.546. The highest BCUT2D eigenvalue weighted by atomic mass is 35.5. The zero-order valence-corrected chi connectivity index (χ0v) is 14.5. The van der Waals surface area contributed by atoms with E-state index in [2.05, 4.69) is 0 Å². The van der Waals surface area contributed by atoms with Crippen LogP contribution in [0.2, 0.25) is 15.1 Å². The van der Waals surface area contributed by atoms with Crippen molar-refractivity contribution in [2.45, 2.75) is 6.61 Å². The predicted octanol–water partition coefficient (Wildman–Crippen LogP) is 4.50. The van der Waals surface area contributed by atoms with Crippen molar-refractivity contribution in [2.24, 2.45) is 0 Å². The van der Waals surface area contributed by atoms with Gasteiger partial charge in [0.05, 0.1) is 10.0 Å². The molecule has 1 aliphatic rings. The third-order valence-electron chi connectivity index (χ3n) is 3.13. The van der Waals surface area contributed by atoms with Crippen molar-refractivity contribution in [2.75, 3.05) is 13.4 Å². The molecule has 0 unspecified atom stereocenters. The molecule has 0 spiro atoms. The number of fused-ring (bicyclic) bond motifs is 1. The Bertz CT molecular complexity index is 779. The van der Waals surface area contributed by atoms with Crippen LogP contribution in [0.4, 0.5) is 0 Å². The minimum absolute atomic E-state index is 0.0346. The van der Waals surface area contributed by atoms with Crippen molar-refractivity contribution in [3.63, 3.8) is 0 Å². The van der Waals surface area contributed by atoms with Crippen LogP contribution in [0.25, 0.3) is 0 Å². The van der Waals surface area contributed by atoms with Crippen LogP contribution < -0.4 is 14.2 Å². The van der Waals surface area contributed by atoms with Crippen LogP contribution in [0, 0.1) is 0 Å². The van der Waals surface area contributed by atoms with Crippen LogP contribution in [-0.2, 0) is 16.1 Å². The molecule has 3 rings (SSSR count). The first-order valence-corrected chi connectivity index (χ1v) is 7.98. The fourth-order valence-corrected chi connectivity index (χ4v) is 2.79. The molecule has 126 valence electrons. The normalized spacial score (nSPS) is 12.1. The quantitative estimate of drug-likeness (QED) is 0.705. The standard InChI is InChI=1S/C16H11Cl3O5/c17-10-1-2-13(11(18)5-10)21-7-15(20)22-6-9-3-12(19)16-14(4-9)23-8-24-16/h1-5H,6-8H2. The second-order valence-electron chi connectivity index (χ2n) is 4.84. The van der Waals surface area contributed by atoms with E-state index in [1.54, 1.807) is 24.3 Å². The molecule has 0 aromatic heterocycles. The highest BCUT2D eigenvalue weighted by Crippen LogP contribution is 2.39. The summed E-state index contributed by atoms with van der Waals surface area (Å²) in [6.07, 6.45) is 0. The van der Waals surface area contributed by atoms with Gasteiger partial charge in [-0.2, -0.15) is 0 Å². The first-order chi connectivity index (χ1) is 11.5. The van der Waals surface area contributed by atoms with Gasteiger partial charge in [-0.05, 0) is 35.9 Å². The van der Waals surface area contributed by atoms with E-state index in [9.17, 15) is 4.79 Å². The summed E-state index contributed by atoms with van der Waals surface area (Å²) < 4.78 is 20.9. The molecule has 0 atom stereocenters. The predicted molar refractivity (Wildman–Crippen MR) is 89.3 cm³/mol. The van der Waals surface area contributed by atoms with E-state index in [-0.39, 0.29) is 20.0 Å². The molecule has 0 amide bonds. The SMILES string of the molecule is O=C(COc1ccc(Cl)cc1Cl)OCc1cc(Cl)c2c(c1)OCO2. The van der Waals surface area contributed by atoms with Crippen LogP contribution in [0.1, 0.15) is 5.56 Å². The minimum Gasteiger partial charge on any atom is -0.480 e. The molecular weight excluding hydrogens is 379 g/mol. The molecule has 0 bridgehead atoms. The van der Waals surface area contributed by atoms with Crippen molar-refractivity contribution in [1.82, 2.24) is 0 Å². The number of carbonyl (C=O) groups is 1. The molecule has 1 aliphatic heterocycles. The zero-order chi connectivity index (χ0) is 17.1. The molecule has 2 aromatic rings. The Morgan fingerprint density at radius 3 is 2.71 bits per heavy atom. The maximum Gasteiger partial charge on any atom is 0.344 e. The Morgan fingerprint density at radius 1 is 1.08 bits per heavy atom. The van der Waals surface area contributed by atoms with Crippen molar-refractivity contribution in [3.8, 4) is 17.2 Å². The van der Waals surface area contributed by atoms with Gasteiger partial charge in [-0.25, -0.2) is 4.79 Å². The van der Waals surface area contributed by atoms with Crippen LogP contribution in [-0.4, -0.2) is 19.4 Å². The van der Waals surface area contributed by atoms with Gasteiger partial charge in [-0.15, -0.1) is 0 Å². The van der Waals surface area contributed by atoms with E-state index in [1.807, 2.05) is 0 Å². The molecule has 0 saturated heterocycles. The van der Waals surface area contributed by atoms with Crippen LogP contribution >= 0.6 is 34.8 Å². The van der Waals surface area contributed by atoms with Gasteiger partial charge in [-0.3, -0.25) is 0 Å². The number of ether oxygens (including phenoxy) is 4. The summed E-state index contributed by atoms with van der Waals surface area (Å²) in [5.41, 5.74) is 0.683. The number of esters is 1. The van der Waals surface area contributed by atoms with E-state index < -0.39 is 5.97 Å². The summed E-state index contributed by atoms with van der Waals surface area (Å²) in [5.74, 6) is 0.823. The van der Waals surface area contributed by atoms with Crippen molar-refractivity contribution in [1.29, 1.82) is 0 Å². The van der Waals surface area contributed by atoms with Crippen LogP contribution in [0.3, 0.4) is 0 Å². The molecular formula is C16H11Cl3O5. The van der Waals surface area contributed by atoms with Gasteiger partial charge >= 0.3 is 5.97 Å². The third kappa shape index (κ3) is 3.98. The topological polar surface area (TPSA) is 54.0 Å². The van der Waals surface area contributed by atoms with Gasteiger partial charge in [0.1, 0.15) is 12.4 Å². The third-order valence-corrected chi connectivity index (χ3v) is 3.94. The van der Waals surface area contributed by atoms with Crippen LogP contribution in [0.15, 0.2) is 30.3 Å². The monoisotopic (exact) mass is 388 g/mol. The van der Waals surface area contributed by atoms with Crippen molar-refractivity contribution >= 4 is 40.8 Å². The molecule has 0 aliphatic carbocycles. The maximum absolute atomic E-state index is 11.8. The molecule has 0 saturated carbocycles. The van der Waals surface area contributed by atoms with Gasteiger partial charge in [-0.1, -0.05) is 34.8 Å². The Morgan fingerprint density at radius 2 is 1.92 bits per heavy atom. The van der Waals surface area contributed by atoms with Crippen LogP contribution in [0.5, 0.6) is 17.2 Å². The molecule has 1 heterocycles. The Labute approximate surface area is 152 Å². The molecule has 24 heavy (non-hydrogen) atoms. The smallest absolute Gasteiger partial charge is 0.344 e. The highest BCUT2D eigenvalue weighted by Gasteiger charge is 2.18. The van der Waals surface area contributed by atoms with E-state index >= 15 is 0 Å². The summed E-state index contributed by atoms with van der Waals surface area (Å²) in [7, 11) is 0. The number of halogens is 3. The fourth-order valence-electron chi connectivity index (χ4n) is 2.04. The number of hydrogen-bond acceptors (Lipinski definition) is 5. The molecule has 0 fully saturated rings. The second kappa shape index (κ2) is 7.38. The summed E-state index contributed by atoms with van der Waals surface area (Å²) in [6.45, 7) is -0.124. The highest BCUT2D eigenvalue weighted by molar-refractivity contribution is 6.35. The lowest BCUT2D eigenvalue weighted by Crippen LogP contribution is -2.14. The second-order valence-corrected chi connectivity index (χ2v) is 6.09. The van der Waals surface area contributed by atoms with Gasteiger partial charge in [0.2, 0.25) is 6.79 Å². The Balaban J connectivity index is 1.53. The summed E-state index contributed by atoms with van der Waals surface area (Å²) in [4.78, 5) is 11.8. The Kier molecular flexibility index (Phi) is 5.23. The molecule has 2 aromatic carbocycles. The number of benzene rings is 2. The number of carbonyl (C=O) groups excluding carboxylic acids is 1. The molecule has 0 radical (unpaired) electrons. The van der Waals surface area contributed by atoms with E-state index in [4.69, 9.17) is 53.8 Å². The van der Waals surface area contributed by atoms with E-state index in [1.165, 1.54) is 6.07 Å². The lowest BCUT2D eigenvalue weighted by atomic mass is 10.2. The molecule has 0 N–H and O–H groups in total. The first kappa shape index (κ1) is 17.0. The summed E-state index contributed by atoms with van der Waals surface area (Å²) in [5, 5.41) is 1.20. The maximum atomic E-state index is 11.8. The molecule has 8 heteroatoms. The van der Waals surface area contributed by atoms with Gasteiger partial charge in [0.25, 0.3) is 0 Å². The first-order valence-electron chi connectivity index (χ1n) is 6.84. The molecule has 5 nitrogen and oxygen atoms in total. The average Bonchev–Trinajstić information content (AvgIpc) is 3.01. The van der Waals surface area contributed by atoms with Crippen molar-refractivity contribution < 1.29 is 23.7 Å². The number of rotatable bonds is 5. The Hall–Kier alpha value is -1.82. The fraction of sp³-hybridized carbons (Fsp3) is 0.188. The lowest BCUT2D eigenvalue weighted by Gasteiger charge is -2.09. The van der Waals surface area contributed by atoms with Gasteiger partial charge in [0.15, 0.2) is 18.1 Å². The summed E-state index contributed by atoms with van der Waals surface area (Å²) >= 11 is 17.8. The van der Waals surface area contributed by atoms with Crippen molar-refractivity contribution in [3.05, 3.63) is 51.0 Å². The van der Waals surface area contributed by atoms with E-state index in [0.717, 1.165) is 0 Å². The lowest BCUT2D eigenvalue weighted by molar-refractivity contribution is -0.147. The van der Waals surface area contributed by atoms with E-state index in [0.29, 0.717) is 37.9 Å². The average molecular weight is 390 g/mol. The zero-order valence-electron chi connectivity index (χ0n) is 12.2. The van der Waals surface area contributed by atoms with Gasteiger partial charge < -0.3 is 18.9 Å². The largest absolute Gasteiger partial charge is 0.480 e. The number of hydrogen-bond donors (Lipinski definition) is 0.